The van der Waals surface area contributed by atoms with E-state index in [2.05, 4.69) is 23.5 Å². The highest BCUT2D eigenvalue weighted by Crippen LogP contribution is 2.41. The first kappa shape index (κ1) is 24.6. The molecule has 4 rings (SSSR count). The lowest BCUT2D eigenvalue weighted by molar-refractivity contribution is -0.274. The van der Waals surface area contributed by atoms with Crippen LogP contribution in [-0.2, 0) is 12.8 Å². The van der Waals surface area contributed by atoms with Crippen LogP contribution in [0.1, 0.15) is 80.5 Å². The number of aryl methyl sites for hydroxylation is 1. The summed E-state index contributed by atoms with van der Waals surface area (Å²) in [6, 6.07) is 8.80. The standard InChI is InChI=1S/C29H32F4O/c1-2-3-4-20-5-10-22(11-6-20)23-13-14-24-17-25(28(30)19-26(24)18-23)12-7-21-8-15-27(16-9-21)34-29(31,32)33/h8-9,15-17,19-20,22-23H,2-6,10-11,13-14,18H2,1H3. The average Bonchev–Trinajstić information content (AvgIpc) is 2.81. The van der Waals surface area contributed by atoms with Crippen molar-refractivity contribution in [1.29, 1.82) is 0 Å². The van der Waals surface area contributed by atoms with Crippen molar-refractivity contribution in [2.45, 2.75) is 77.5 Å². The van der Waals surface area contributed by atoms with Crippen molar-refractivity contribution in [2.75, 3.05) is 0 Å². The summed E-state index contributed by atoms with van der Waals surface area (Å²) in [6.45, 7) is 2.26. The van der Waals surface area contributed by atoms with E-state index in [-0.39, 0.29) is 11.6 Å². The molecule has 0 heterocycles. The van der Waals surface area contributed by atoms with Crippen LogP contribution in [0.15, 0.2) is 36.4 Å². The Balaban J connectivity index is 1.38. The number of ether oxygens (including phenoxy) is 1. The fraction of sp³-hybridized carbons (Fsp3) is 0.517. The molecule has 5 heteroatoms. The summed E-state index contributed by atoms with van der Waals surface area (Å²) in [5.41, 5.74) is 3.12. The van der Waals surface area contributed by atoms with Crippen LogP contribution in [-0.4, -0.2) is 6.36 Å². The molecule has 0 amide bonds. The molecule has 2 aromatic rings. The van der Waals surface area contributed by atoms with Crippen molar-refractivity contribution in [3.63, 3.8) is 0 Å². The topological polar surface area (TPSA) is 9.23 Å². The zero-order chi connectivity index (χ0) is 24.1. The van der Waals surface area contributed by atoms with E-state index in [9.17, 15) is 17.6 Å². The first-order chi connectivity index (χ1) is 16.3. The van der Waals surface area contributed by atoms with E-state index in [1.165, 1.54) is 74.8 Å². The Hall–Kier alpha value is -2.48. The van der Waals surface area contributed by atoms with E-state index >= 15 is 0 Å². The number of alkyl halides is 3. The van der Waals surface area contributed by atoms with E-state index in [1.54, 1.807) is 6.07 Å². The van der Waals surface area contributed by atoms with E-state index in [0.717, 1.165) is 36.7 Å². The molecule has 1 fully saturated rings. The summed E-state index contributed by atoms with van der Waals surface area (Å²) in [6.07, 6.45) is 7.63. The van der Waals surface area contributed by atoms with Gasteiger partial charge in [0.1, 0.15) is 11.6 Å². The van der Waals surface area contributed by atoms with Crippen molar-refractivity contribution >= 4 is 0 Å². The molecule has 2 aromatic carbocycles. The van der Waals surface area contributed by atoms with Gasteiger partial charge in [-0.25, -0.2) is 4.39 Å². The molecular weight excluding hydrogens is 440 g/mol. The molecule has 1 nitrogen and oxygen atoms in total. The number of unbranched alkanes of at least 4 members (excludes halogenated alkanes) is 1. The Morgan fingerprint density at radius 1 is 0.912 bits per heavy atom. The van der Waals surface area contributed by atoms with Crippen molar-refractivity contribution in [3.8, 4) is 17.6 Å². The van der Waals surface area contributed by atoms with E-state index in [0.29, 0.717) is 17.0 Å². The fourth-order valence-electron chi connectivity index (χ4n) is 5.63. The molecule has 0 bridgehead atoms. The molecule has 0 aromatic heterocycles. The molecule has 2 aliphatic carbocycles. The predicted molar refractivity (Wildman–Crippen MR) is 126 cm³/mol. The molecule has 182 valence electrons. The molecule has 0 saturated heterocycles. The van der Waals surface area contributed by atoms with Crippen LogP contribution < -0.4 is 4.74 Å². The number of rotatable bonds is 5. The summed E-state index contributed by atoms with van der Waals surface area (Å²) < 4.78 is 55.6. The van der Waals surface area contributed by atoms with Crippen LogP contribution >= 0.6 is 0 Å². The van der Waals surface area contributed by atoms with Crippen molar-refractivity contribution < 1.29 is 22.3 Å². The van der Waals surface area contributed by atoms with Crippen molar-refractivity contribution in [3.05, 3.63) is 64.5 Å². The van der Waals surface area contributed by atoms with Gasteiger partial charge in [-0.2, -0.15) is 0 Å². The van der Waals surface area contributed by atoms with Gasteiger partial charge >= 0.3 is 6.36 Å². The Kier molecular flexibility index (Phi) is 7.86. The third-order valence-corrected chi connectivity index (χ3v) is 7.51. The monoisotopic (exact) mass is 472 g/mol. The Bertz CT molecular complexity index is 1020. The maximum atomic E-state index is 14.8. The van der Waals surface area contributed by atoms with Gasteiger partial charge in [0.15, 0.2) is 0 Å². The highest BCUT2D eigenvalue weighted by atomic mass is 19.4. The van der Waals surface area contributed by atoms with Gasteiger partial charge in [-0.1, -0.05) is 50.9 Å². The van der Waals surface area contributed by atoms with Crippen LogP contribution in [0.25, 0.3) is 0 Å². The van der Waals surface area contributed by atoms with Gasteiger partial charge in [0.05, 0.1) is 5.56 Å². The van der Waals surface area contributed by atoms with Crippen LogP contribution in [0, 0.1) is 35.4 Å². The van der Waals surface area contributed by atoms with Crippen LogP contribution in [0.2, 0.25) is 0 Å². The molecule has 0 spiro atoms. The third kappa shape index (κ3) is 6.56. The molecule has 2 aliphatic rings. The summed E-state index contributed by atoms with van der Waals surface area (Å²) in [4.78, 5) is 0. The Morgan fingerprint density at radius 2 is 1.65 bits per heavy atom. The van der Waals surface area contributed by atoms with E-state index in [4.69, 9.17) is 0 Å². The normalized spacial score (nSPS) is 22.4. The minimum atomic E-state index is -4.73. The lowest BCUT2D eigenvalue weighted by Gasteiger charge is -2.36. The van der Waals surface area contributed by atoms with Gasteiger partial charge in [0.2, 0.25) is 0 Å². The second-order valence-electron chi connectivity index (χ2n) is 9.85. The van der Waals surface area contributed by atoms with Gasteiger partial charge in [0.25, 0.3) is 0 Å². The minimum Gasteiger partial charge on any atom is -0.406 e. The van der Waals surface area contributed by atoms with Crippen molar-refractivity contribution in [2.24, 2.45) is 17.8 Å². The molecule has 1 atom stereocenters. The number of hydrogen-bond donors (Lipinski definition) is 0. The Labute approximate surface area is 199 Å². The average molecular weight is 473 g/mol. The zero-order valence-electron chi connectivity index (χ0n) is 19.7. The molecule has 0 aliphatic heterocycles. The van der Waals surface area contributed by atoms with E-state index < -0.39 is 6.36 Å². The molecule has 1 unspecified atom stereocenters. The molecular formula is C29H32F4O. The van der Waals surface area contributed by atoms with Gasteiger partial charge in [0, 0.05) is 5.56 Å². The van der Waals surface area contributed by atoms with Gasteiger partial charge in [-0.3, -0.25) is 0 Å². The second kappa shape index (κ2) is 10.8. The fourth-order valence-corrected chi connectivity index (χ4v) is 5.63. The number of halogens is 4. The summed E-state index contributed by atoms with van der Waals surface area (Å²) in [5.74, 6) is 7.39. The summed E-state index contributed by atoms with van der Waals surface area (Å²) >= 11 is 0. The summed E-state index contributed by atoms with van der Waals surface area (Å²) in [7, 11) is 0. The quantitative estimate of drug-likeness (QED) is 0.315. The number of fused-ring (bicyclic) bond motifs is 1. The molecule has 34 heavy (non-hydrogen) atoms. The SMILES string of the molecule is CCCCC1CCC(C2CCc3cc(C#Cc4ccc(OC(F)(F)F)cc4)c(F)cc3C2)CC1. The summed E-state index contributed by atoms with van der Waals surface area (Å²) in [5, 5.41) is 0. The maximum Gasteiger partial charge on any atom is 0.573 e. The van der Waals surface area contributed by atoms with Crippen LogP contribution in [0.4, 0.5) is 17.6 Å². The highest BCUT2D eigenvalue weighted by molar-refractivity contribution is 5.48. The lowest BCUT2D eigenvalue weighted by Crippen LogP contribution is -2.26. The van der Waals surface area contributed by atoms with Crippen LogP contribution in [0.5, 0.6) is 5.75 Å². The largest absolute Gasteiger partial charge is 0.573 e. The molecule has 0 N–H and O–H groups in total. The zero-order valence-corrected chi connectivity index (χ0v) is 19.7. The van der Waals surface area contributed by atoms with Crippen LogP contribution in [0.3, 0.4) is 0 Å². The molecule has 0 radical (unpaired) electrons. The second-order valence-corrected chi connectivity index (χ2v) is 9.85. The first-order valence-electron chi connectivity index (χ1n) is 12.5. The number of benzene rings is 2. The van der Waals surface area contributed by atoms with E-state index in [1.807, 2.05) is 6.07 Å². The highest BCUT2D eigenvalue weighted by Gasteiger charge is 2.31. The third-order valence-electron chi connectivity index (χ3n) is 7.51. The maximum absolute atomic E-state index is 14.8. The van der Waals surface area contributed by atoms with Gasteiger partial charge in [-0.05, 0) is 97.4 Å². The first-order valence-corrected chi connectivity index (χ1v) is 12.5. The predicted octanol–water partition coefficient (Wildman–Crippen LogP) is 8.23. The lowest BCUT2D eigenvalue weighted by atomic mass is 9.69. The van der Waals surface area contributed by atoms with Gasteiger partial charge < -0.3 is 4.74 Å². The number of hydrogen-bond acceptors (Lipinski definition) is 1. The van der Waals surface area contributed by atoms with Crippen molar-refractivity contribution in [1.82, 2.24) is 0 Å². The Morgan fingerprint density at radius 3 is 2.32 bits per heavy atom. The molecule has 1 saturated carbocycles. The van der Waals surface area contributed by atoms with Gasteiger partial charge in [-0.15, -0.1) is 13.2 Å². The smallest absolute Gasteiger partial charge is 0.406 e. The minimum absolute atomic E-state index is 0.304.